The fourth-order valence-electron chi connectivity index (χ4n) is 3.41. The Hall–Kier alpha value is -1.88. The molecule has 1 unspecified atom stereocenters. The SMILES string of the molecule is CC(C)Cc1nc(C(=O)NCC(C)N2CCCC2)c2ccccn12. The van der Waals surface area contributed by atoms with Gasteiger partial charge in [0.2, 0.25) is 0 Å². The van der Waals surface area contributed by atoms with Crippen LogP contribution in [0.25, 0.3) is 5.52 Å². The smallest absolute Gasteiger partial charge is 0.272 e. The Morgan fingerprint density at radius 1 is 1.25 bits per heavy atom. The Bertz CT molecular complexity index is 700. The maximum Gasteiger partial charge on any atom is 0.272 e. The van der Waals surface area contributed by atoms with E-state index in [0.29, 0.717) is 24.2 Å². The highest BCUT2D eigenvalue weighted by Crippen LogP contribution is 2.16. The second-order valence-corrected chi connectivity index (χ2v) is 7.23. The van der Waals surface area contributed by atoms with Crippen LogP contribution >= 0.6 is 0 Å². The van der Waals surface area contributed by atoms with Gasteiger partial charge in [-0.3, -0.25) is 9.69 Å². The normalized spacial score (nSPS) is 16.8. The maximum absolute atomic E-state index is 12.7. The predicted octanol–water partition coefficient (Wildman–Crippen LogP) is 2.75. The molecule has 24 heavy (non-hydrogen) atoms. The van der Waals surface area contributed by atoms with Crippen molar-refractivity contribution in [3.05, 3.63) is 35.9 Å². The molecule has 0 spiro atoms. The summed E-state index contributed by atoms with van der Waals surface area (Å²) in [5, 5.41) is 3.08. The van der Waals surface area contributed by atoms with Crippen LogP contribution in [0.1, 0.15) is 49.9 Å². The maximum atomic E-state index is 12.7. The summed E-state index contributed by atoms with van der Waals surface area (Å²) in [5.41, 5.74) is 1.43. The molecule has 2 aromatic rings. The zero-order chi connectivity index (χ0) is 17.1. The first-order valence-electron chi connectivity index (χ1n) is 9.04. The fraction of sp³-hybridized carbons (Fsp3) is 0.579. The van der Waals surface area contributed by atoms with Crippen LogP contribution in [0.15, 0.2) is 24.4 Å². The molecule has 1 fully saturated rings. The number of pyridine rings is 1. The lowest BCUT2D eigenvalue weighted by atomic mass is 10.1. The summed E-state index contributed by atoms with van der Waals surface area (Å²) in [6.07, 6.45) is 5.39. The standard InChI is InChI=1S/C19H28N4O/c1-14(2)12-17-21-18(16-8-4-5-11-23(16)17)19(24)20-13-15(3)22-9-6-7-10-22/h4-5,8,11,14-15H,6-7,9-10,12-13H2,1-3H3,(H,20,24). The highest BCUT2D eigenvalue weighted by atomic mass is 16.1. The number of imidazole rings is 1. The summed E-state index contributed by atoms with van der Waals surface area (Å²) < 4.78 is 2.04. The van der Waals surface area contributed by atoms with E-state index in [1.165, 1.54) is 12.8 Å². The molecular weight excluding hydrogens is 300 g/mol. The van der Waals surface area contributed by atoms with Crippen molar-refractivity contribution in [3.8, 4) is 0 Å². The topological polar surface area (TPSA) is 49.6 Å². The van der Waals surface area contributed by atoms with Crippen molar-refractivity contribution in [1.82, 2.24) is 19.6 Å². The van der Waals surface area contributed by atoms with E-state index in [9.17, 15) is 4.79 Å². The van der Waals surface area contributed by atoms with Gasteiger partial charge in [0.15, 0.2) is 5.69 Å². The third-order valence-corrected chi connectivity index (χ3v) is 4.75. The molecule has 1 atom stereocenters. The van der Waals surface area contributed by atoms with Crippen LogP contribution < -0.4 is 5.32 Å². The average molecular weight is 328 g/mol. The molecule has 1 aliphatic heterocycles. The second-order valence-electron chi connectivity index (χ2n) is 7.23. The van der Waals surface area contributed by atoms with Gasteiger partial charge in [0.1, 0.15) is 5.82 Å². The van der Waals surface area contributed by atoms with Gasteiger partial charge in [-0.1, -0.05) is 19.9 Å². The van der Waals surface area contributed by atoms with Gasteiger partial charge in [0.05, 0.1) is 5.52 Å². The summed E-state index contributed by atoms with van der Waals surface area (Å²) >= 11 is 0. The molecule has 0 aromatic carbocycles. The Kier molecular flexibility index (Phi) is 5.19. The Morgan fingerprint density at radius 3 is 2.71 bits per heavy atom. The number of nitrogens with one attached hydrogen (secondary N) is 1. The summed E-state index contributed by atoms with van der Waals surface area (Å²) in [6, 6.07) is 6.28. The summed E-state index contributed by atoms with van der Waals surface area (Å²) in [4.78, 5) is 19.8. The van der Waals surface area contributed by atoms with Crippen molar-refractivity contribution in [2.75, 3.05) is 19.6 Å². The van der Waals surface area contributed by atoms with Gasteiger partial charge in [-0.25, -0.2) is 4.98 Å². The van der Waals surface area contributed by atoms with Crippen molar-refractivity contribution < 1.29 is 4.79 Å². The molecule has 5 nitrogen and oxygen atoms in total. The lowest BCUT2D eigenvalue weighted by Gasteiger charge is -2.23. The minimum Gasteiger partial charge on any atom is -0.349 e. The molecular formula is C19H28N4O. The molecule has 3 rings (SSSR count). The van der Waals surface area contributed by atoms with Gasteiger partial charge in [0.25, 0.3) is 5.91 Å². The van der Waals surface area contributed by atoms with Gasteiger partial charge >= 0.3 is 0 Å². The third-order valence-electron chi connectivity index (χ3n) is 4.75. The monoisotopic (exact) mass is 328 g/mol. The van der Waals surface area contributed by atoms with E-state index in [1.54, 1.807) is 0 Å². The first kappa shape index (κ1) is 17.0. The van der Waals surface area contributed by atoms with Crippen molar-refractivity contribution in [2.24, 2.45) is 5.92 Å². The van der Waals surface area contributed by atoms with Gasteiger partial charge < -0.3 is 9.72 Å². The number of carbonyl (C=O) groups excluding carboxylic acids is 1. The number of rotatable bonds is 6. The van der Waals surface area contributed by atoms with Crippen LogP contribution in [-0.2, 0) is 6.42 Å². The highest BCUT2D eigenvalue weighted by molar-refractivity contribution is 5.99. The lowest BCUT2D eigenvalue weighted by Crippen LogP contribution is -2.40. The number of nitrogens with zero attached hydrogens (tertiary/aromatic N) is 3. The van der Waals surface area contributed by atoms with Gasteiger partial charge in [0, 0.05) is 25.2 Å². The summed E-state index contributed by atoms with van der Waals surface area (Å²) in [6.45, 7) is 9.47. The van der Waals surface area contributed by atoms with Crippen LogP contribution in [0.2, 0.25) is 0 Å². The van der Waals surface area contributed by atoms with Crippen molar-refractivity contribution in [2.45, 2.75) is 46.1 Å². The number of carbonyl (C=O) groups is 1. The number of likely N-dealkylation sites (tertiary alicyclic amines) is 1. The zero-order valence-electron chi connectivity index (χ0n) is 15.0. The number of fused-ring (bicyclic) bond motifs is 1. The molecule has 0 aliphatic carbocycles. The second kappa shape index (κ2) is 7.34. The van der Waals surface area contributed by atoms with Crippen LogP contribution in [0.3, 0.4) is 0 Å². The summed E-state index contributed by atoms with van der Waals surface area (Å²) in [5.74, 6) is 1.39. The van der Waals surface area contributed by atoms with Gasteiger partial charge in [-0.2, -0.15) is 0 Å². The predicted molar refractivity (Wildman–Crippen MR) is 96.3 cm³/mol. The van der Waals surface area contributed by atoms with Gasteiger partial charge in [-0.15, -0.1) is 0 Å². The Morgan fingerprint density at radius 2 is 2.00 bits per heavy atom. The average Bonchev–Trinajstić information content (AvgIpc) is 3.21. The Labute approximate surface area is 144 Å². The molecule has 5 heteroatoms. The largest absolute Gasteiger partial charge is 0.349 e. The van der Waals surface area contributed by atoms with E-state index in [1.807, 2.05) is 28.8 Å². The first-order chi connectivity index (χ1) is 11.6. The molecule has 1 saturated heterocycles. The van der Waals surface area contributed by atoms with E-state index >= 15 is 0 Å². The highest BCUT2D eigenvalue weighted by Gasteiger charge is 2.21. The van der Waals surface area contributed by atoms with Crippen LogP contribution in [0.5, 0.6) is 0 Å². The molecule has 1 aliphatic rings. The molecule has 0 saturated carbocycles. The molecule has 1 amide bonds. The van der Waals surface area contributed by atoms with Crippen molar-refractivity contribution >= 4 is 11.4 Å². The van der Waals surface area contributed by atoms with E-state index in [0.717, 1.165) is 30.9 Å². The number of hydrogen-bond acceptors (Lipinski definition) is 3. The summed E-state index contributed by atoms with van der Waals surface area (Å²) in [7, 11) is 0. The first-order valence-corrected chi connectivity index (χ1v) is 9.04. The molecule has 130 valence electrons. The van der Waals surface area contributed by atoms with Crippen LogP contribution in [0.4, 0.5) is 0 Å². The molecule has 3 heterocycles. The Balaban J connectivity index is 1.74. The van der Waals surface area contributed by atoms with E-state index in [2.05, 4.69) is 36.0 Å². The van der Waals surface area contributed by atoms with Crippen molar-refractivity contribution in [3.63, 3.8) is 0 Å². The molecule has 2 aromatic heterocycles. The molecule has 1 N–H and O–H groups in total. The van der Waals surface area contributed by atoms with E-state index in [4.69, 9.17) is 0 Å². The van der Waals surface area contributed by atoms with E-state index in [-0.39, 0.29) is 5.91 Å². The van der Waals surface area contributed by atoms with Gasteiger partial charge in [-0.05, 0) is 50.9 Å². The minimum absolute atomic E-state index is 0.0697. The lowest BCUT2D eigenvalue weighted by molar-refractivity contribution is 0.0937. The third kappa shape index (κ3) is 3.61. The zero-order valence-corrected chi connectivity index (χ0v) is 15.0. The number of hydrogen-bond donors (Lipinski definition) is 1. The quantitative estimate of drug-likeness (QED) is 0.887. The number of aromatic nitrogens is 2. The molecule has 0 bridgehead atoms. The number of amides is 1. The minimum atomic E-state index is -0.0697. The van der Waals surface area contributed by atoms with Crippen molar-refractivity contribution in [1.29, 1.82) is 0 Å². The fourth-order valence-corrected chi connectivity index (χ4v) is 3.41. The van der Waals surface area contributed by atoms with E-state index < -0.39 is 0 Å². The molecule has 0 radical (unpaired) electrons. The van der Waals surface area contributed by atoms with Crippen LogP contribution in [-0.4, -0.2) is 45.9 Å². The van der Waals surface area contributed by atoms with Crippen LogP contribution in [0, 0.1) is 5.92 Å².